The Balaban J connectivity index is 0.00000242. The summed E-state index contributed by atoms with van der Waals surface area (Å²) in [6.07, 6.45) is 1.17. The number of halogens is 2. The van der Waals surface area contributed by atoms with E-state index in [1.165, 1.54) is 0 Å². The van der Waals surface area contributed by atoms with E-state index in [2.05, 4.69) is 26.2 Å². The Kier molecular flexibility index (Phi) is 8.03. The van der Waals surface area contributed by atoms with Gasteiger partial charge in [0.25, 0.3) is 0 Å². The fourth-order valence-corrected chi connectivity index (χ4v) is 2.98. The number of carbonyl (C=O) groups is 1. The highest BCUT2D eigenvalue weighted by atomic mass is 79.9. The molecule has 0 fully saturated rings. The van der Waals surface area contributed by atoms with Crippen LogP contribution in [0.15, 0.2) is 34.1 Å². The molecule has 0 aliphatic heterocycles. The van der Waals surface area contributed by atoms with Gasteiger partial charge in [-0.1, -0.05) is 28.1 Å². The van der Waals surface area contributed by atoms with Crippen molar-refractivity contribution >= 4 is 45.6 Å². The molecule has 0 saturated heterocycles. The van der Waals surface area contributed by atoms with Crippen LogP contribution in [-0.4, -0.2) is 17.4 Å². The van der Waals surface area contributed by atoms with Crippen LogP contribution in [0.1, 0.15) is 30.8 Å². The molecule has 0 bridgehead atoms. The van der Waals surface area contributed by atoms with E-state index in [4.69, 9.17) is 5.73 Å². The van der Waals surface area contributed by atoms with Gasteiger partial charge in [0.1, 0.15) is 5.01 Å². The highest BCUT2D eigenvalue weighted by molar-refractivity contribution is 9.10. The molecule has 3 N–H and O–H groups in total. The third-order valence-corrected chi connectivity index (χ3v) is 4.57. The van der Waals surface area contributed by atoms with E-state index in [-0.39, 0.29) is 24.4 Å². The van der Waals surface area contributed by atoms with Crippen molar-refractivity contribution in [3.8, 4) is 11.3 Å². The first-order valence-electron chi connectivity index (χ1n) is 6.81. The van der Waals surface area contributed by atoms with Gasteiger partial charge in [-0.2, -0.15) is 0 Å². The van der Waals surface area contributed by atoms with Crippen molar-refractivity contribution in [2.75, 3.05) is 6.54 Å². The Labute approximate surface area is 149 Å². The molecule has 2 aromatic rings. The monoisotopic (exact) mass is 403 g/mol. The number of rotatable bonds is 6. The summed E-state index contributed by atoms with van der Waals surface area (Å²) in [6.45, 7) is 2.48. The number of hydrogen-bond acceptors (Lipinski definition) is 4. The third kappa shape index (κ3) is 5.35. The largest absolute Gasteiger partial charge is 0.347 e. The van der Waals surface area contributed by atoms with Gasteiger partial charge in [0.2, 0.25) is 5.91 Å². The van der Waals surface area contributed by atoms with Crippen molar-refractivity contribution in [2.45, 2.75) is 25.8 Å². The quantitative estimate of drug-likeness (QED) is 0.767. The van der Waals surface area contributed by atoms with Crippen LogP contribution < -0.4 is 11.1 Å². The number of thiazole rings is 1. The highest BCUT2D eigenvalue weighted by Gasteiger charge is 2.13. The molecule has 4 nitrogen and oxygen atoms in total. The number of carbonyl (C=O) groups excluding carboxylic acids is 1. The molecule has 1 atom stereocenters. The van der Waals surface area contributed by atoms with Crippen molar-refractivity contribution < 1.29 is 4.79 Å². The predicted octanol–water partition coefficient (Wildman–Crippen LogP) is 3.91. The van der Waals surface area contributed by atoms with Gasteiger partial charge in [0, 0.05) is 21.8 Å². The lowest BCUT2D eigenvalue weighted by Crippen LogP contribution is -2.26. The first-order valence-corrected chi connectivity index (χ1v) is 8.48. The minimum absolute atomic E-state index is 0. The lowest BCUT2D eigenvalue weighted by atomic mass is 10.2. The Hall–Kier alpha value is -0.950. The summed E-state index contributed by atoms with van der Waals surface area (Å²) >= 11 is 4.98. The van der Waals surface area contributed by atoms with Crippen molar-refractivity contribution in [1.82, 2.24) is 10.3 Å². The van der Waals surface area contributed by atoms with E-state index in [0.29, 0.717) is 19.4 Å². The summed E-state index contributed by atoms with van der Waals surface area (Å²) in [5.74, 6) is 0.0216. The minimum Gasteiger partial charge on any atom is -0.347 e. The van der Waals surface area contributed by atoms with E-state index in [1.54, 1.807) is 11.3 Å². The summed E-state index contributed by atoms with van der Waals surface area (Å²) in [7, 11) is 0. The lowest BCUT2D eigenvalue weighted by Gasteiger charge is -2.10. The van der Waals surface area contributed by atoms with Gasteiger partial charge in [0.05, 0.1) is 11.7 Å². The molecule has 22 heavy (non-hydrogen) atoms. The second-order valence-corrected chi connectivity index (χ2v) is 6.56. The summed E-state index contributed by atoms with van der Waals surface area (Å²) < 4.78 is 1.04. The van der Waals surface area contributed by atoms with Gasteiger partial charge in [-0.3, -0.25) is 4.79 Å². The van der Waals surface area contributed by atoms with Gasteiger partial charge in [-0.25, -0.2) is 4.98 Å². The SMILES string of the molecule is CC(NC(=O)CCCN)c1nc(-c2ccc(Br)cc2)cs1.Cl. The zero-order valence-electron chi connectivity index (χ0n) is 12.2. The van der Waals surface area contributed by atoms with E-state index in [9.17, 15) is 4.79 Å². The minimum atomic E-state index is -0.0792. The first kappa shape index (κ1) is 19.1. The maximum absolute atomic E-state index is 11.7. The van der Waals surface area contributed by atoms with Gasteiger partial charge < -0.3 is 11.1 Å². The van der Waals surface area contributed by atoms with E-state index >= 15 is 0 Å². The summed E-state index contributed by atoms with van der Waals surface area (Å²) in [5, 5.41) is 5.88. The standard InChI is InChI=1S/C15H18BrN3OS.ClH/c1-10(18-14(20)3-2-8-17)15-19-13(9-21-15)11-4-6-12(16)7-5-11;/h4-7,9-10H,2-3,8,17H2,1H3,(H,18,20);1H. The smallest absolute Gasteiger partial charge is 0.220 e. The average molecular weight is 405 g/mol. The number of nitrogens with zero attached hydrogens (tertiary/aromatic N) is 1. The highest BCUT2D eigenvalue weighted by Crippen LogP contribution is 2.26. The maximum Gasteiger partial charge on any atom is 0.220 e. The molecule has 1 aromatic heterocycles. The molecular formula is C15H19BrClN3OS. The van der Waals surface area contributed by atoms with Crippen LogP contribution in [0.2, 0.25) is 0 Å². The third-order valence-electron chi connectivity index (χ3n) is 3.02. The van der Waals surface area contributed by atoms with Gasteiger partial charge in [0.15, 0.2) is 0 Å². The lowest BCUT2D eigenvalue weighted by molar-refractivity contribution is -0.121. The Bertz CT molecular complexity index is 603. The molecule has 2 rings (SSSR count). The molecule has 7 heteroatoms. The second kappa shape index (κ2) is 9.25. The molecule has 120 valence electrons. The fourth-order valence-electron chi connectivity index (χ4n) is 1.88. The van der Waals surface area contributed by atoms with E-state index < -0.39 is 0 Å². The van der Waals surface area contributed by atoms with Crippen molar-refractivity contribution in [3.05, 3.63) is 39.1 Å². The summed E-state index contributed by atoms with van der Waals surface area (Å²) in [6, 6.07) is 7.95. The predicted molar refractivity (Wildman–Crippen MR) is 97.3 cm³/mol. The zero-order valence-corrected chi connectivity index (χ0v) is 15.4. The van der Waals surface area contributed by atoms with Crippen LogP contribution >= 0.6 is 39.7 Å². The molecule has 1 aromatic carbocycles. The maximum atomic E-state index is 11.7. The molecule has 1 unspecified atom stereocenters. The molecule has 0 saturated carbocycles. The van der Waals surface area contributed by atoms with Crippen LogP contribution in [0.25, 0.3) is 11.3 Å². The van der Waals surface area contributed by atoms with Crippen molar-refractivity contribution in [1.29, 1.82) is 0 Å². The Morgan fingerprint density at radius 3 is 2.73 bits per heavy atom. The second-order valence-electron chi connectivity index (χ2n) is 4.76. The zero-order chi connectivity index (χ0) is 15.2. The van der Waals surface area contributed by atoms with Crippen LogP contribution in [0, 0.1) is 0 Å². The fraction of sp³-hybridized carbons (Fsp3) is 0.333. The van der Waals surface area contributed by atoms with E-state index in [0.717, 1.165) is 20.7 Å². The molecule has 0 radical (unpaired) electrons. The molecule has 1 heterocycles. The van der Waals surface area contributed by atoms with Crippen LogP contribution in [0.4, 0.5) is 0 Å². The van der Waals surface area contributed by atoms with Crippen LogP contribution in [0.3, 0.4) is 0 Å². The topological polar surface area (TPSA) is 68.0 Å². The first-order chi connectivity index (χ1) is 10.1. The van der Waals surface area contributed by atoms with Crippen molar-refractivity contribution in [2.24, 2.45) is 5.73 Å². The number of aromatic nitrogens is 1. The van der Waals surface area contributed by atoms with Gasteiger partial charge >= 0.3 is 0 Å². The van der Waals surface area contributed by atoms with Crippen molar-refractivity contribution in [3.63, 3.8) is 0 Å². The average Bonchev–Trinajstić information content (AvgIpc) is 2.96. The van der Waals surface area contributed by atoms with Gasteiger partial charge in [-0.15, -0.1) is 23.7 Å². The normalized spacial score (nSPS) is 11.6. The number of benzene rings is 1. The number of hydrogen-bond donors (Lipinski definition) is 2. The Morgan fingerprint density at radius 2 is 2.09 bits per heavy atom. The van der Waals surface area contributed by atoms with Crippen LogP contribution in [-0.2, 0) is 4.79 Å². The number of nitrogens with one attached hydrogen (secondary N) is 1. The Morgan fingerprint density at radius 1 is 1.41 bits per heavy atom. The molecule has 0 aliphatic carbocycles. The van der Waals surface area contributed by atoms with Gasteiger partial charge in [-0.05, 0) is 32.0 Å². The number of nitrogens with two attached hydrogens (primary N) is 1. The van der Waals surface area contributed by atoms with Crippen LogP contribution in [0.5, 0.6) is 0 Å². The summed E-state index contributed by atoms with van der Waals surface area (Å²) in [4.78, 5) is 16.3. The molecular weight excluding hydrogens is 386 g/mol. The molecule has 1 amide bonds. The molecule has 0 spiro atoms. The van der Waals surface area contributed by atoms with E-state index in [1.807, 2.05) is 36.6 Å². The molecule has 0 aliphatic rings. The number of amides is 1. The summed E-state index contributed by atoms with van der Waals surface area (Å²) in [5.41, 5.74) is 7.41.